The molecule has 0 aromatic heterocycles. The van der Waals surface area contributed by atoms with E-state index in [1.54, 1.807) is 24.9 Å². The van der Waals surface area contributed by atoms with Crippen molar-refractivity contribution in [3.63, 3.8) is 0 Å². The topological polar surface area (TPSA) is 104 Å². The molecule has 2 rings (SSSR count). The molecular formula is C22H28N2O5. The van der Waals surface area contributed by atoms with Gasteiger partial charge in [0.1, 0.15) is 0 Å². The van der Waals surface area contributed by atoms with Crippen LogP contribution in [0.15, 0.2) is 42.5 Å². The number of hydrogen-bond acceptors (Lipinski definition) is 5. The number of carbonyl (C=O) groups excluding carboxylic acids is 1. The van der Waals surface area contributed by atoms with Crippen molar-refractivity contribution in [1.82, 2.24) is 4.90 Å². The predicted octanol–water partition coefficient (Wildman–Crippen LogP) is 3.82. The molecule has 0 heterocycles. The Morgan fingerprint density at radius 2 is 1.86 bits per heavy atom. The second-order valence-corrected chi connectivity index (χ2v) is 7.35. The van der Waals surface area contributed by atoms with Crippen molar-refractivity contribution in [2.75, 3.05) is 7.05 Å². The Morgan fingerprint density at radius 3 is 2.45 bits per heavy atom. The molecule has 1 amide bonds. The van der Waals surface area contributed by atoms with Crippen LogP contribution in [0.2, 0.25) is 0 Å². The van der Waals surface area contributed by atoms with Gasteiger partial charge in [0, 0.05) is 26.1 Å². The Balaban J connectivity index is 1.96. The number of amides is 1. The lowest BCUT2D eigenvalue weighted by Crippen LogP contribution is -2.25. The van der Waals surface area contributed by atoms with Gasteiger partial charge in [-0.1, -0.05) is 36.4 Å². The van der Waals surface area contributed by atoms with Crippen molar-refractivity contribution in [2.45, 2.75) is 51.9 Å². The van der Waals surface area contributed by atoms with Gasteiger partial charge in [-0.15, -0.1) is 0 Å². The van der Waals surface area contributed by atoms with E-state index in [1.807, 2.05) is 30.3 Å². The molecular weight excluding hydrogens is 372 g/mol. The van der Waals surface area contributed by atoms with E-state index in [0.29, 0.717) is 30.5 Å². The zero-order valence-electron chi connectivity index (χ0n) is 17.0. The van der Waals surface area contributed by atoms with Gasteiger partial charge < -0.3 is 15.1 Å². The minimum absolute atomic E-state index is 0.0207. The Bertz CT molecular complexity index is 852. The van der Waals surface area contributed by atoms with Crippen LogP contribution in [0.3, 0.4) is 0 Å². The number of aryl methyl sites for hydroxylation is 1. The molecule has 0 aliphatic carbocycles. The smallest absolute Gasteiger partial charge is 0.275 e. The van der Waals surface area contributed by atoms with Crippen LogP contribution in [0.5, 0.6) is 0 Å². The summed E-state index contributed by atoms with van der Waals surface area (Å²) in [4.78, 5) is 24.8. The van der Waals surface area contributed by atoms with Gasteiger partial charge in [-0.25, -0.2) is 0 Å². The van der Waals surface area contributed by atoms with E-state index < -0.39 is 17.1 Å². The highest BCUT2D eigenvalue weighted by Gasteiger charge is 2.23. The number of carbonyl (C=O) groups is 1. The van der Waals surface area contributed by atoms with Crippen molar-refractivity contribution in [3.05, 3.63) is 74.8 Å². The van der Waals surface area contributed by atoms with Crippen LogP contribution >= 0.6 is 0 Å². The SMILES string of the molecule is Cc1cc(C(O)CCCC(=O)N(C)Cc2ccccc2)cc([N+](=O)[O-])c1C(C)O. The van der Waals surface area contributed by atoms with Crippen molar-refractivity contribution in [3.8, 4) is 0 Å². The molecule has 0 fully saturated rings. The molecule has 0 saturated heterocycles. The van der Waals surface area contributed by atoms with Gasteiger partial charge in [-0.05, 0) is 43.4 Å². The van der Waals surface area contributed by atoms with Gasteiger partial charge in [0.15, 0.2) is 0 Å². The van der Waals surface area contributed by atoms with Crippen molar-refractivity contribution in [2.24, 2.45) is 0 Å². The van der Waals surface area contributed by atoms with Gasteiger partial charge in [-0.3, -0.25) is 14.9 Å². The second-order valence-electron chi connectivity index (χ2n) is 7.35. The summed E-state index contributed by atoms with van der Waals surface area (Å²) in [7, 11) is 1.74. The normalized spacial score (nSPS) is 13.0. The van der Waals surface area contributed by atoms with E-state index >= 15 is 0 Å². The molecule has 7 nitrogen and oxygen atoms in total. The number of aliphatic hydroxyl groups excluding tert-OH is 2. The third kappa shape index (κ3) is 6.10. The summed E-state index contributed by atoms with van der Waals surface area (Å²) in [5.74, 6) is -0.0207. The summed E-state index contributed by atoms with van der Waals surface area (Å²) in [6, 6.07) is 12.7. The highest BCUT2D eigenvalue weighted by atomic mass is 16.6. The molecule has 0 bridgehead atoms. The van der Waals surface area contributed by atoms with Crippen LogP contribution in [-0.4, -0.2) is 33.0 Å². The molecule has 156 valence electrons. The lowest BCUT2D eigenvalue weighted by molar-refractivity contribution is -0.386. The van der Waals surface area contributed by atoms with Gasteiger partial charge in [-0.2, -0.15) is 0 Å². The van der Waals surface area contributed by atoms with Crippen LogP contribution in [-0.2, 0) is 11.3 Å². The van der Waals surface area contributed by atoms with Crippen molar-refractivity contribution < 1.29 is 19.9 Å². The minimum Gasteiger partial charge on any atom is -0.388 e. The number of hydrogen-bond donors (Lipinski definition) is 2. The third-order valence-corrected chi connectivity index (χ3v) is 4.94. The third-order valence-electron chi connectivity index (χ3n) is 4.94. The molecule has 2 N–H and O–H groups in total. The maximum Gasteiger partial charge on any atom is 0.275 e. The monoisotopic (exact) mass is 400 g/mol. The van der Waals surface area contributed by atoms with Gasteiger partial charge in [0.25, 0.3) is 5.69 Å². The molecule has 0 saturated carbocycles. The molecule has 0 spiro atoms. The van der Waals surface area contributed by atoms with E-state index in [1.165, 1.54) is 13.0 Å². The molecule has 2 aromatic rings. The fraction of sp³-hybridized carbons (Fsp3) is 0.409. The van der Waals surface area contributed by atoms with Crippen LogP contribution < -0.4 is 0 Å². The van der Waals surface area contributed by atoms with E-state index in [-0.39, 0.29) is 23.6 Å². The van der Waals surface area contributed by atoms with Crippen LogP contribution in [0.4, 0.5) is 5.69 Å². The number of rotatable bonds is 9. The second kappa shape index (κ2) is 10.1. The van der Waals surface area contributed by atoms with Crippen molar-refractivity contribution >= 4 is 11.6 Å². The lowest BCUT2D eigenvalue weighted by atomic mass is 9.95. The van der Waals surface area contributed by atoms with Gasteiger partial charge >= 0.3 is 0 Å². The number of nitro benzene ring substituents is 1. The number of nitro groups is 1. The van der Waals surface area contributed by atoms with Gasteiger partial charge in [0.2, 0.25) is 5.91 Å². The molecule has 2 aromatic carbocycles. The summed E-state index contributed by atoms with van der Waals surface area (Å²) in [5.41, 5.74) is 2.08. The number of nitrogens with zero attached hydrogens (tertiary/aromatic N) is 2. The first-order valence-corrected chi connectivity index (χ1v) is 9.63. The first kappa shape index (κ1) is 22.5. The largest absolute Gasteiger partial charge is 0.388 e. The Morgan fingerprint density at radius 1 is 1.21 bits per heavy atom. The minimum atomic E-state index is -0.973. The highest BCUT2D eigenvalue weighted by Crippen LogP contribution is 2.33. The maximum absolute atomic E-state index is 12.3. The number of benzene rings is 2. The summed E-state index contributed by atoms with van der Waals surface area (Å²) in [5, 5.41) is 31.6. The molecule has 0 radical (unpaired) electrons. The first-order chi connectivity index (χ1) is 13.7. The molecule has 0 aliphatic heterocycles. The van der Waals surface area contributed by atoms with Crippen LogP contribution in [0.25, 0.3) is 0 Å². The Labute approximate surface area is 170 Å². The van der Waals surface area contributed by atoms with E-state index in [9.17, 15) is 25.1 Å². The number of aliphatic hydroxyl groups is 2. The lowest BCUT2D eigenvalue weighted by Gasteiger charge is -2.18. The molecule has 7 heteroatoms. The van der Waals surface area contributed by atoms with Crippen LogP contribution in [0.1, 0.15) is 60.6 Å². The molecule has 29 heavy (non-hydrogen) atoms. The quantitative estimate of drug-likeness (QED) is 0.492. The summed E-state index contributed by atoms with van der Waals surface area (Å²) < 4.78 is 0. The Kier molecular flexibility index (Phi) is 7.87. The summed E-state index contributed by atoms with van der Waals surface area (Å²) >= 11 is 0. The average molecular weight is 400 g/mol. The first-order valence-electron chi connectivity index (χ1n) is 9.63. The molecule has 2 atom stereocenters. The zero-order valence-corrected chi connectivity index (χ0v) is 17.0. The predicted molar refractivity (Wildman–Crippen MR) is 110 cm³/mol. The van der Waals surface area contributed by atoms with Crippen LogP contribution in [0, 0.1) is 17.0 Å². The maximum atomic E-state index is 12.3. The van der Waals surface area contributed by atoms with E-state index in [2.05, 4.69) is 0 Å². The molecule has 2 unspecified atom stereocenters. The average Bonchev–Trinajstić information content (AvgIpc) is 2.67. The van der Waals surface area contributed by atoms with E-state index in [0.717, 1.165) is 5.56 Å². The molecule has 0 aliphatic rings. The van der Waals surface area contributed by atoms with Crippen molar-refractivity contribution in [1.29, 1.82) is 0 Å². The zero-order chi connectivity index (χ0) is 21.6. The Hall–Kier alpha value is -2.77. The summed E-state index contributed by atoms with van der Waals surface area (Å²) in [6.07, 6.45) is -0.825. The standard InChI is InChI=1S/C22H28N2O5/c1-15-12-18(13-19(24(28)29)22(15)16(2)25)20(26)10-7-11-21(27)23(3)14-17-8-5-4-6-9-17/h4-6,8-9,12-13,16,20,25-26H,7,10-11,14H2,1-3H3. The fourth-order valence-electron chi connectivity index (χ4n) is 3.44. The highest BCUT2D eigenvalue weighted by molar-refractivity contribution is 5.75. The van der Waals surface area contributed by atoms with E-state index in [4.69, 9.17) is 0 Å². The summed E-state index contributed by atoms with van der Waals surface area (Å²) in [6.45, 7) is 3.67. The van der Waals surface area contributed by atoms with Gasteiger partial charge in [0.05, 0.1) is 22.7 Å². The fourth-order valence-corrected chi connectivity index (χ4v) is 3.44.